The van der Waals surface area contributed by atoms with Gasteiger partial charge >= 0.3 is 0 Å². The maximum Gasteiger partial charge on any atom is 0.200 e. The monoisotopic (exact) mass is 483 g/mol. The van der Waals surface area contributed by atoms with E-state index in [1.165, 1.54) is 30.6 Å². The smallest absolute Gasteiger partial charge is 0.200 e. The van der Waals surface area contributed by atoms with Gasteiger partial charge in [0.05, 0.1) is 17.8 Å². The Bertz CT molecular complexity index is 1190. The first kappa shape index (κ1) is 22.6. The Labute approximate surface area is 188 Å². The molecule has 5 nitrogen and oxygen atoms in total. The van der Waals surface area contributed by atoms with Crippen molar-refractivity contribution < 1.29 is 9.18 Å². The Morgan fingerprint density at radius 1 is 1.32 bits per heavy atom. The second-order valence-electron chi connectivity index (χ2n) is 7.24. The molecule has 0 spiro atoms. The second kappa shape index (κ2) is 9.83. The van der Waals surface area contributed by atoms with E-state index in [1.807, 2.05) is 26.0 Å². The predicted molar refractivity (Wildman–Crippen MR) is 126 cm³/mol. The van der Waals surface area contributed by atoms with E-state index >= 15 is 0 Å². The SMILES string of the molecule is Cc1cc(C(=O)c2cn(C/C(N)=C/C=C\CBr)c3c(c2=O)C=CC(F)C=C3)cnc1C. The number of hydrogen-bond donors (Lipinski definition) is 1. The molecule has 2 aromatic rings. The molecule has 1 atom stereocenters. The van der Waals surface area contributed by atoms with Crippen molar-refractivity contribution >= 4 is 33.9 Å². The molecule has 0 saturated carbocycles. The van der Waals surface area contributed by atoms with E-state index in [0.717, 1.165) is 11.3 Å². The summed E-state index contributed by atoms with van der Waals surface area (Å²) in [5.41, 5.74) is 8.94. The molecule has 2 N–H and O–H groups in total. The zero-order valence-corrected chi connectivity index (χ0v) is 18.9. The number of carbonyl (C=O) groups is 1. The number of nitrogens with two attached hydrogens (primary N) is 1. The van der Waals surface area contributed by atoms with Gasteiger partial charge in [0.15, 0.2) is 5.78 Å². The Morgan fingerprint density at radius 3 is 2.77 bits per heavy atom. The van der Waals surface area contributed by atoms with E-state index in [9.17, 15) is 14.0 Å². The number of alkyl halides is 2. The molecular weight excluding hydrogens is 461 g/mol. The Morgan fingerprint density at radius 2 is 2.06 bits per heavy atom. The lowest BCUT2D eigenvalue weighted by Crippen LogP contribution is -2.24. The lowest BCUT2D eigenvalue weighted by atomic mass is 10.0. The summed E-state index contributed by atoms with van der Waals surface area (Å²) < 4.78 is 15.6. The first-order valence-electron chi connectivity index (χ1n) is 9.74. The Balaban J connectivity index is 2.15. The molecule has 1 aliphatic carbocycles. The average molecular weight is 484 g/mol. The summed E-state index contributed by atoms with van der Waals surface area (Å²) in [4.78, 5) is 30.6. The molecule has 31 heavy (non-hydrogen) atoms. The van der Waals surface area contributed by atoms with Crippen molar-refractivity contribution in [3.63, 3.8) is 0 Å². The minimum Gasteiger partial charge on any atom is -0.401 e. The third kappa shape index (κ3) is 5.17. The lowest BCUT2D eigenvalue weighted by molar-refractivity contribution is 0.103. The zero-order valence-electron chi connectivity index (χ0n) is 17.3. The van der Waals surface area contributed by atoms with Crippen LogP contribution in [0.2, 0.25) is 0 Å². The molecule has 0 amide bonds. The number of allylic oxidation sites excluding steroid dienone is 6. The lowest BCUT2D eigenvalue weighted by Gasteiger charge is -2.16. The third-order valence-corrected chi connectivity index (χ3v) is 5.35. The molecular formula is C24H23BrFN3O2. The van der Waals surface area contributed by atoms with Crippen molar-refractivity contribution in [2.24, 2.45) is 5.73 Å². The molecule has 0 saturated heterocycles. The second-order valence-corrected chi connectivity index (χ2v) is 7.89. The van der Waals surface area contributed by atoms with Crippen molar-refractivity contribution in [3.05, 3.63) is 98.4 Å². The topological polar surface area (TPSA) is 78.0 Å². The van der Waals surface area contributed by atoms with Crippen LogP contribution < -0.4 is 11.2 Å². The number of rotatable bonds is 6. The van der Waals surface area contributed by atoms with Gasteiger partial charge in [-0.15, -0.1) is 0 Å². The largest absolute Gasteiger partial charge is 0.401 e. The molecule has 160 valence electrons. The molecule has 3 rings (SSSR count). The molecule has 0 radical (unpaired) electrons. The van der Waals surface area contributed by atoms with Gasteiger partial charge in [-0.2, -0.15) is 0 Å². The van der Waals surface area contributed by atoms with Gasteiger partial charge in [0.25, 0.3) is 0 Å². The fraction of sp³-hybridized carbons (Fsp3) is 0.208. The van der Waals surface area contributed by atoms with Gasteiger partial charge in [-0.3, -0.25) is 14.6 Å². The summed E-state index contributed by atoms with van der Waals surface area (Å²) in [5, 5.41) is 0.693. The summed E-state index contributed by atoms with van der Waals surface area (Å²) in [6.07, 6.45) is 12.7. The Hall–Kier alpha value is -3.06. The maximum atomic E-state index is 13.9. The van der Waals surface area contributed by atoms with E-state index in [0.29, 0.717) is 22.3 Å². The maximum absolute atomic E-state index is 13.9. The van der Waals surface area contributed by atoms with Crippen LogP contribution in [0.15, 0.2) is 59.3 Å². The number of hydrogen-bond acceptors (Lipinski definition) is 4. The van der Waals surface area contributed by atoms with Gasteiger partial charge in [-0.1, -0.05) is 28.1 Å². The normalized spacial score (nSPS) is 15.9. The number of ketones is 1. The summed E-state index contributed by atoms with van der Waals surface area (Å²) in [6, 6.07) is 1.72. The fourth-order valence-corrected chi connectivity index (χ4v) is 3.41. The van der Waals surface area contributed by atoms with Crippen LogP contribution in [0, 0.1) is 13.8 Å². The molecule has 0 aliphatic heterocycles. The Kier molecular flexibility index (Phi) is 7.17. The highest BCUT2D eigenvalue weighted by molar-refractivity contribution is 9.09. The molecule has 0 aromatic carbocycles. The number of aromatic nitrogens is 2. The van der Waals surface area contributed by atoms with Gasteiger partial charge in [-0.25, -0.2) is 4.39 Å². The molecule has 2 aromatic heterocycles. The number of carbonyl (C=O) groups excluding carboxylic acids is 1. The van der Waals surface area contributed by atoms with Gasteiger partial charge < -0.3 is 10.3 Å². The van der Waals surface area contributed by atoms with Crippen LogP contribution >= 0.6 is 15.9 Å². The minimum atomic E-state index is -1.32. The molecule has 0 bridgehead atoms. The standard InChI is InChI=1S/C24H23BrFN3O2/c1-15-11-17(12-28-16(15)2)23(30)21-14-29(13-19(27)5-3-4-10-25)22-9-7-18(26)6-8-20(22)24(21)31/h3-9,11-12,14,18H,10,13,27H2,1-2H3/b4-3-,19-5-. The summed E-state index contributed by atoms with van der Waals surface area (Å²) in [7, 11) is 0. The number of fused-ring (bicyclic) bond motifs is 1. The van der Waals surface area contributed by atoms with Crippen molar-refractivity contribution in [3.8, 4) is 0 Å². The van der Waals surface area contributed by atoms with Gasteiger partial charge in [-0.05, 0) is 55.9 Å². The number of nitrogens with zero attached hydrogens (tertiary/aromatic N) is 2. The first-order chi connectivity index (χ1) is 14.8. The highest BCUT2D eigenvalue weighted by Crippen LogP contribution is 2.19. The molecule has 1 aliphatic rings. The average Bonchev–Trinajstić information content (AvgIpc) is 2.94. The minimum absolute atomic E-state index is 0.0111. The van der Waals surface area contributed by atoms with Crippen LogP contribution in [0.3, 0.4) is 0 Å². The fourth-order valence-electron chi connectivity index (χ4n) is 3.19. The molecule has 0 fully saturated rings. The molecule has 1 unspecified atom stereocenters. The molecule has 7 heteroatoms. The number of aryl methyl sites for hydroxylation is 2. The summed E-state index contributed by atoms with van der Waals surface area (Å²) >= 11 is 3.30. The van der Waals surface area contributed by atoms with Gasteiger partial charge in [0, 0.05) is 40.2 Å². The highest BCUT2D eigenvalue weighted by atomic mass is 79.9. The third-order valence-electron chi connectivity index (χ3n) is 4.98. The number of halogens is 2. The van der Waals surface area contributed by atoms with Crippen LogP contribution in [0.1, 0.15) is 38.4 Å². The van der Waals surface area contributed by atoms with Crippen LogP contribution in [0.4, 0.5) is 4.39 Å². The van der Waals surface area contributed by atoms with Crippen LogP contribution in [-0.4, -0.2) is 26.8 Å². The molecule has 2 heterocycles. The summed E-state index contributed by atoms with van der Waals surface area (Å²) in [5.74, 6) is -0.433. The quantitative estimate of drug-likeness (QED) is 0.378. The van der Waals surface area contributed by atoms with Gasteiger partial charge in [0.2, 0.25) is 5.43 Å². The van der Waals surface area contributed by atoms with Crippen LogP contribution in [-0.2, 0) is 6.54 Å². The van der Waals surface area contributed by atoms with Crippen molar-refractivity contribution in [1.29, 1.82) is 0 Å². The van der Waals surface area contributed by atoms with E-state index in [4.69, 9.17) is 5.73 Å². The van der Waals surface area contributed by atoms with Crippen LogP contribution in [0.5, 0.6) is 0 Å². The summed E-state index contributed by atoms with van der Waals surface area (Å²) in [6.45, 7) is 3.94. The van der Waals surface area contributed by atoms with Gasteiger partial charge in [0.1, 0.15) is 6.17 Å². The van der Waals surface area contributed by atoms with Crippen molar-refractivity contribution in [2.75, 3.05) is 5.33 Å². The van der Waals surface area contributed by atoms with Crippen molar-refractivity contribution in [1.82, 2.24) is 9.55 Å². The highest BCUT2D eigenvalue weighted by Gasteiger charge is 2.21. The first-order valence-corrected chi connectivity index (χ1v) is 10.9. The predicted octanol–water partition coefficient (Wildman–Crippen LogP) is 4.26. The van der Waals surface area contributed by atoms with E-state index < -0.39 is 17.4 Å². The van der Waals surface area contributed by atoms with Crippen molar-refractivity contribution in [2.45, 2.75) is 26.6 Å². The van der Waals surface area contributed by atoms with E-state index in [2.05, 4.69) is 20.9 Å². The van der Waals surface area contributed by atoms with Crippen LogP contribution in [0.25, 0.3) is 12.2 Å². The zero-order chi connectivity index (χ0) is 22.5. The van der Waals surface area contributed by atoms with E-state index in [-0.39, 0.29) is 17.7 Å². The van der Waals surface area contributed by atoms with E-state index in [1.54, 1.807) is 22.8 Å². The number of pyridine rings is 2.